The highest BCUT2D eigenvalue weighted by molar-refractivity contribution is 6.17. The van der Waals surface area contributed by atoms with Gasteiger partial charge >= 0.3 is 5.97 Å². The predicted octanol–water partition coefficient (Wildman–Crippen LogP) is 3.04. The fourth-order valence-corrected chi connectivity index (χ4v) is 2.13. The predicted molar refractivity (Wildman–Crippen MR) is 76.9 cm³/mol. The van der Waals surface area contributed by atoms with Gasteiger partial charge in [-0.1, -0.05) is 12.1 Å². The van der Waals surface area contributed by atoms with Crippen molar-refractivity contribution in [1.82, 2.24) is 0 Å². The van der Waals surface area contributed by atoms with E-state index in [0.717, 1.165) is 0 Å². The summed E-state index contributed by atoms with van der Waals surface area (Å²) < 4.78 is 10.2. The summed E-state index contributed by atoms with van der Waals surface area (Å²) in [6.07, 6.45) is 0.887. The minimum absolute atomic E-state index is 0.235. The van der Waals surface area contributed by atoms with Crippen LogP contribution in [0.15, 0.2) is 24.3 Å². The van der Waals surface area contributed by atoms with E-state index in [-0.39, 0.29) is 6.61 Å². The minimum atomic E-state index is -1.31. The summed E-state index contributed by atoms with van der Waals surface area (Å²) >= 11 is 5.70. The number of carbonyl (C=O) groups excluding carboxylic acids is 1. The standard InChI is InChI=1S/C15H18ClNO3/c1-3-20-14(18)15(11-17,9-4-10-16)12-5-7-13(19-2)8-6-12/h5-8H,3-4,9-10H2,1-2H3/t15-/m0/s1. The van der Waals surface area contributed by atoms with Gasteiger partial charge in [0.2, 0.25) is 0 Å². The molecule has 0 saturated carbocycles. The molecule has 0 fully saturated rings. The van der Waals surface area contributed by atoms with E-state index >= 15 is 0 Å². The van der Waals surface area contributed by atoms with E-state index in [4.69, 9.17) is 21.1 Å². The van der Waals surface area contributed by atoms with Crippen LogP contribution >= 0.6 is 11.6 Å². The lowest BCUT2D eigenvalue weighted by molar-refractivity contribution is -0.148. The van der Waals surface area contributed by atoms with E-state index in [1.54, 1.807) is 38.3 Å². The van der Waals surface area contributed by atoms with Gasteiger partial charge in [0.1, 0.15) is 5.75 Å². The Bertz CT molecular complexity index is 481. The zero-order valence-electron chi connectivity index (χ0n) is 11.7. The molecule has 0 aliphatic heterocycles. The first-order valence-corrected chi connectivity index (χ1v) is 6.97. The van der Waals surface area contributed by atoms with Crippen LogP contribution in [0.2, 0.25) is 0 Å². The molecule has 0 aliphatic carbocycles. The second-order valence-corrected chi connectivity index (χ2v) is 4.64. The van der Waals surface area contributed by atoms with E-state index in [9.17, 15) is 10.1 Å². The van der Waals surface area contributed by atoms with Crippen LogP contribution in [-0.2, 0) is 14.9 Å². The smallest absolute Gasteiger partial charge is 0.331 e. The van der Waals surface area contributed by atoms with E-state index < -0.39 is 11.4 Å². The van der Waals surface area contributed by atoms with Crippen molar-refractivity contribution in [1.29, 1.82) is 5.26 Å². The molecule has 0 N–H and O–H groups in total. The molecule has 1 atom stereocenters. The highest BCUT2D eigenvalue weighted by Crippen LogP contribution is 2.32. The van der Waals surface area contributed by atoms with Crippen LogP contribution in [0.4, 0.5) is 0 Å². The summed E-state index contributed by atoms with van der Waals surface area (Å²) in [5, 5.41) is 9.55. The third-order valence-corrected chi connectivity index (χ3v) is 3.35. The maximum Gasteiger partial charge on any atom is 0.331 e. The molecule has 0 aliphatic rings. The fourth-order valence-electron chi connectivity index (χ4n) is 1.99. The minimum Gasteiger partial charge on any atom is -0.497 e. The largest absolute Gasteiger partial charge is 0.497 e. The van der Waals surface area contributed by atoms with Crippen LogP contribution in [0.1, 0.15) is 25.3 Å². The Morgan fingerprint density at radius 1 is 1.40 bits per heavy atom. The van der Waals surface area contributed by atoms with Gasteiger partial charge in [-0.3, -0.25) is 0 Å². The van der Waals surface area contributed by atoms with Crippen molar-refractivity contribution in [3.8, 4) is 11.8 Å². The molecule has 0 heterocycles. The zero-order valence-corrected chi connectivity index (χ0v) is 12.4. The normalized spacial score (nSPS) is 13.1. The van der Waals surface area contributed by atoms with Gasteiger partial charge in [0.15, 0.2) is 5.41 Å². The van der Waals surface area contributed by atoms with Crippen LogP contribution in [0, 0.1) is 11.3 Å². The summed E-state index contributed by atoms with van der Waals surface area (Å²) in [4.78, 5) is 12.2. The summed E-state index contributed by atoms with van der Waals surface area (Å²) in [6, 6.07) is 8.99. The Labute approximate surface area is 124 Å². The number of alkyl halides is 1. The van der Waals surface area contributed by atoms with Crippen molar-refractivity contribution in [2.45, 2.75) is 25.2 Å². The van der Waals surface area contributed by atoms with Gasteiger partial charge in [0.05, 0.1) is 19.8 Å². The average molecular weight is 296 g/mol. The molecule has 108 valence electrons. The number of nitrogens with zero attached hydrogens (tertiary/aromatic N) is 1. The number of hydrogen-bond acceptors (Lipinski definition) is 4. The van der Waals surface area contributed by atoms with Gasteiger partial charge in [-0.05, 0) is 37.5 Å². The van der Waals surface area contributed by atoms with E-state index in [1.807, 2.05) is 0 Å². The second-order valence-electron chi connectivity index (χ2n) is 4.26. The van der Waals surface area contributed by atoms with Crippen molar-refractivity contribution >= 4 is 17.6 Å². The SMILES string of the molecule is CCOC(=O)[C@](C#N)(CCCCl)c1ccc(OC)cc1. The average Bonchev–Trinajstić information content (AvgIpc) is 2.49. The quantitative estimate of drug-likeness (QED) is 0.573. The van der Waals surface area contributed by atoms with Gasteiger partial charge in [-0.15, -0.1) is 11.6 Å². The lowest BCUT2D eigenvalue weighted by Gasteiger charge is -2.24. The monoisotopic (exact) mass is 295 g/mol. The topological polar surface area (TPSA) is 59.3 Å². The summed E-state index contributed by atoms with van der Waals surface area (Å²) in [5.41, 5.74) is -0.707. The number of benzene rings is 1. The summed E-state index contributed by atoms with van der Waals surface area (Å²) in [7, 11) is 1.56. The van der Waals surface area contributed by atoms with Crippen LogP contribution in [0.5, 0.6) is 5.75 Å². The van der Waals surface area contributed by atoms with E-state index in [1.165, 1.54) is 0 Å². The molecular weight excluding hydrogens is 278 g/mol. The van der Waals surface area contributed by atoms with Crippen molar-refractivity contribution in [3.05, 3.63) is 29.8 Å². The third kappa shape index (κ3) is 3.43. The first-order valence-electron chi connectivity index (χ1n) is 6.43. The number of nitriles is 1. The molecule has 0 aromatic heterocycles. The van der Waals surface area contributed by atoms with E-state index in [0.29, 0.717) is 30.0 Å². The molecule has 0 unspecified atom stereocenters. The Hall–Kier alpha value is -1.73. The van der Waals surface area contributed by atoms with Crippen LogP contribution in [-0.4, -0.2) is 25.6 Å². The molecule has 1 aromatic rings. The second kappa shape index (κ2) is 7.76. The molecule has 1 aromatic carbocycles. The number of ether oxygens (including phenoxy) is 2. The van der Waals surface area contributed by atoms with Gasteiger partial charge < -0.3 is 9.47 Å². The molecule has 0 bridgehead atoms. The lowest BCUT2D eigenvalue weighted by Crippen LogP contribution is -2.36. The number of rotatable bonds is 7. The van der Waals surface area contributed by atoms with Crippen LogP contribution in [0.25, 0.3) is 0 Å². The van der Waals surface area contributed by atoms with Crippen LogP contribution in [0.3, 0.4) is 0 Å². The molecule has 0 amide bonds. The van der Waals surface area contributed by atoms with Crippen molar-refractivity contribution in [2.75, 3.05) is 19.6 Å². The van der Waals surface area contributed by atoms with Gasteiger partial charge in [0.25, 0.3) is 0 Å². The zero-order chi connectivity index (χ0) is 15.0. The molecule has 4 nitrogen and oxygen atoms in total. The Kier molecular flexibility index (Phi) is 6.33. The fraction of sp³-hybridized carbons (Fsp3) is 0.467. The number of esters is 1. The Balaban J connectivity index is 3.19. The summed E-state index contributed by atoms with van der Waals surface area (Å²) in [6.45, 7) is 1.95. The van der Waals surface area contributed by atoms with E-state index in [2.05, 4.69) is 6.07 Å². The lowest BCUT2D eigenvalue weighted by atomic mass is 9.78. The number of halogens is 1. The first-order chi connectivity index (χ1) is 9.64. The number of methoxy groups -OCH3 is 1. The van der Waals surface area contributed by atoms with Gasteiger partial charge in [-0.2, -0.15) is 5.26 Å². The number of carbonyl (C=O) groups is 1. The molecule has 20 heavy (non-hydrogen) atoms. The highest BCUT2D eigenvalue weighted by atomic mass is 35.5. The van der Waals surface area contributed by atoms with Gasteiger partial charge in [0, 0.05) is 5.88 Å². The van der Waals surface area contributed by atoms with Crippen molar-refractivity contribution in [3.63, 3.8) is 0 Å². The Morgan fingerprint density at radius 2 is 2.05 bits per heavy atom. The van der Waals surface area contributed by atoms with Crippen molar-refractivity contribution < 1.29 is 14.3 Å². The van der Waals surface area contributed by atoms with Crippen molar-refractivity contribution in [2.24, 2.45) is 0 Å². The molecular formula is C15H18ClNO3. The Morgan fingerprint density at radius 3 is 2.50 bits per heavy atom. The summed E-state index contributed by atoms with van der Waals surface area (Å²) in [5.74, 6) is 0.526. The molecule has 0 spiro atoms. The molecule has 0 radical (unpaired) electrons. The third-order valence-electron chi connectivity index (χ3n) is 3.08. The van der Waals surface area contributed by atoms with Crippen LogP contribution < -0.4 is 4.74 Å². The highest BCUT2D eigenvalue weighted by Gasteiger charge is 2.41. The molecule has 1 rings (SSSR count). The van der Waals surface area contributed by atoms with Gasteiger partial charge in [-0.25, -0.2) is 4.79 Å². The number of hydrogen-bond donors (Lipinski definition) is 0. The molecule has 5 heteroatoms. The first kappa shape index (κ1) is 16.3. The maximum atomic E-state index is 12.2. The molecule has 0 saturated heterocycles. The maximum absolute atomic E-state index is 12.2.